The number of amides is 1. The minimum Gasteiger partial charge on any atom is -0.497 e. The van der Waals surface area contributed by atoms with E-state index in [4.69, 9.17) is 14.5 Å². The molecule has 1 amide bonds. The lowest BCUT2D eigenvalue weighted by Crippen LogP contribution is -2.41. The van der Waals surface area contributed by atoms with Crippen molar-refractivity contribution in [2.45, 2.75) is 18.8 Å². The van der Waals surface area contributed by atoms with E-state index in [-0.39, 0.29) is 24.2 Å². The summed E-state index contributed by atoms with van der Waals surface area (Å²) >= 11 is 0. The van der Waals surface area contributed by atoms with E-state index in [2.05, 4.69) is 4.98 Å². The van der Waals surface area contributed by atoms with Crippen LogP contribution in [0.3, 0.4) is 0 Å². The maximum Gasteiger partial charge on any atom is 0.260 e. The summed E-state index contributed by atoms with van der Waals surface area (Å²) in [4.78, 5) is 23.7. The van der Waals surface area contributed by atoms with Crippen LogP contribution in [0.5, 0.6) is 11.5 Å². The SMILES string of the molecule is COc1cccc(-c2cncc(C3CCCN(C(=O)COc4ccc(F)cc4)C3)n2)c1. The van der Waals surface area contributed by atoms with Crippen molar-refractivity contribution in [3.63, 3.8) is 0 Å². The van der Waals surface area contributed by atoms with Crippen LogP contribution < -0.4 is 9.47 Å². The predicted molar refractivity (Wildman–Crippen MR) is 114 cm³/mol. The lowest BCUT2D eigenvalue weighted by molar-refractivity contribution is -0.134. The van der Waals surface area contributed by atoms with Gasteiger partial charge in [-0.15, -0.1) is 0 Å². The number of hydrogen-bond donors (Lipinski definition) is 0. The molecule has 1 unspecified atom stereocenters. The monoisotopic (exact) mass is 421 g/mol. The molecular formula is C24H24FN3O3. The van der Waals surface area contributed by atoms with Crippen LogP contribution in [0.1, 0.15) is 24.5 Å². The fourth-order valence-corrected chi connectivity index (χ4v) is 3.71. The Hall–Kier alpha value is -3.48. The molecule has 0 spiro atoms. The molecule has 2 aromatic carbocycles. The molecule has 3 aromatic rings. The number of carbonyl (C=O) groups excluding carboxylic acids is 1. The normalized spacial score (nSPS) is 16.1. The Morgan fingerprint density at radius 1 is 1.16 bits per heavy atom. The van der Waals surface area contributed by atoms with Crippen LogP contribution in [0.15, 0.2) is 60.9 Å². The van der Waals surface area contributed by atoms with Gasteiger partial charge in [-0.3, -0.25) is 9.78 Å². The molecule has 1 aliphatic heterocycles. The van der Waals surface area contributed by atoms with E-state index < -0.39 is 0 Å². The first-order valence-corrected chi connectivity index (χ1v) is 10.2. The molecule has 0 aliphatic carbocycles. The first-order chi connectivity index (χ1) is 15.1. The van der Waals surface area contributed by atoms with Gasteiger partial charge in [-0.2, -0.15) is 0 Å². The first-order valence-electron chi connectivity index (χ1n) is 10.2. The van der Waals surface area contributed by atoms with Gasteiger partial charge < -0.3 is 14.4 Å². The highest BCUT2D eigenvalue weighted by Crippen LogP contribution is 2.28. The summed E-state index contributed by atoms with van der Waals surface area (Å²) in [6, 6.07) is 13.4. The molecule has 1 aromatic heterocycles. The molecule has 1 atom stereocenters. The molecule has 1 fully saturated rings. The summed E-state index contributed by atoms with van der Waals surface area (Å²) in [6.45, 7) is 1.18. The fourth-order valence-electron chi connectivity index (χ4n) is 3.71. The predicted octanol–water partition coefficient (Wildman–Crippen LogP) is 4.08. The average molecular weight is 421 g/mol. The van der Waals surface area contributed by atoms with Crippen LogP contribution in [0.4, 0.5) is 4.39 Å². The summed E-state index contributed by atoms with van der Waals surface area (Å²) in [7, 11) is 1.63. The van der Waals surface area contributed by atoms with E-state index in [1.807, 2.05) is 24.3 Å². The van der Waals surface area contributed by atoms with Crippen molar-refractivity contribution < 1.29 is 18.7 Å². The molecule has 0 saturated carbocycles. The Balaban J connectivity index is 1.42. The highest BCUT2D eigenvalue weighted by Gasteiger charge is 2.26. The van der Waals surface area contributed by atoms with Crippen molar-refractivity contribution >= 4 is 5.91 Å². The largest absolute Gasteiger partial charge is 0.497 e. The van der Waals surface area contributed by atoms with Crippen molar-refractivity contribution in [3.05, 3.63) is 72.4 Å². The number of hydrogen-bond acceptors (Lipinski definition) is 5. The second-order valence-electron chi connectivity index (χ2n) is 7.48. The average Bonchev–Trinajstić information content (AvgIpc) is 2.83. The van der Waals surface area contributed by atoms with Gasteiger partial charge in [-0.1, -0.05) is 12.1 Å². The van der Waals surface area contributed by atoms with Gasteiger partial charge >= 0.3 is 0 Å². The lowest BCUT2D eigenvalue weighted by atomic mass is 9.94. The highest BCUT2D eigenvalue weighted by molar-refractivity contribution is 5.78. The second-order valence-corrected chi connectivity index (χ2v) is 7.48. The smallest absolute Gasteiger partial charge is 0.260 e. The van der Waals surface area contributed by atoms with E-state index in [1.54, 1.807) is 24.4 Å². The van der Waals surface area contributed by atoms with Gasteiger partial charge in [0.1, 0.15) is 17.3 Å². The Kier molecular flexibility index (Phi) is 6.40. The Morgan fingerprint density at radius 3 is 2.81 bits per heavy atom. The third kappa shape index (κ3) is 5.17. The van der Waals surface area contributed by atoms with Gasteiger partial charge in [0.05, 0.1) is 24.7 Å². The summed E-state index contributed by atoms with van der Waals surface area (Å²) in [5.74, 6) is 0.919. The maximum absolute atomic E-state index is 13.0. The van der Waals surface area contributed by atoms with Crippen LogP contribution in [-0.4, -0.2) is 47.6 Å². The molecule has 31 heavy (non-hydrogen) atoms. The number of benzene rings is 2. The summed E-state index contributed by atoms with van der Waals surface area (Å²) in [6.07, 6.45) is 5.34. The number of rotatable bonds is 6. The van der Waals surface area contributed by atoms with Crippen molar-refractivity contribution in [1.29, 1.82) is 0 Å². The van der Waals surface area contributed by atoms with Gasteiger partial charge in [0.25, 0.3) is 5.91 Å². The standard InChI is InChI=1S/C24H24FN3O3/c1-30-21-6-2-4-17(12-21)22-13-26-14-23(27-22)18-5-3-11-28(15-18)24(29)16-31-20-9-7-19(25)8-10-20/h2,4,6-10,12-14,18H,3,5,11,15-16H2,1H3. The minimum absolute atomic E-state index is 0.0755. The summed E-state index contributed by atoms with van der Waals surface area (Å²) < 4.78 is 23.8. The van der Waals surface area contributed by atoms with Crippen molar-refractivity contribution in [2.75, 3.05) is 26.8 Å². The third-order valence-corrected chi connectivity index (χ3v) is 5.39. The summed E-state index contributed by atoms with van der Waals surface area (Å²) in [5.41, 5.74) is 2.59. The molecule has 6 nitrogen and oxygen atoms in total. The molecule has 0 radical (unpaired) electrons. The van der Waals surface area contributed by atoms with Crippen LogP contribution in [0, 0.1) is 5.82 Å². The van der Waals surface area contributed by atoms with Gasteiger partial charge in [0.2, 0.25) is 0 Å². The van der Waals surface area contributed by atoms with Gasteiger partial charge in [0.15, 0.2) is 6.61 Å². The maximum atomic E-state index is 13.0. The number of aromatic nitrogens is 2. The number of piperidine rings is 1. The molecule has 2 heterocycles. The molecule has 0 N–H and O–H groups in total. The van der Waals surface area contributed by atoms with Crippen molar-refractivity contribution in [3.8, 4) is 22.8 Å². The molecule has 1 saturated heterocycles. The minimum atomic E-state index is -0.338. The van der Waals surface area contributed by atoms with E-state index in [0.717, 1.165) is 35.5 Å². The zero-order valence-electron chi connectivity index (χ0n) is 17.3. The highest BCUT2D eigenvalue weighted by atomic mass is 19.1. The van der Waals surface area contributed by atoms with Gasteiger partial charge in [-0.25, -0.2) is 9.37 Å². The topological polar surface area (TPSA) is 64.5 Å². The Labute approximate surface area is 180 Å². The number of halogens is 1. The Morgan fingerprint density at radius 2 is 2.00 bits per heavy atom. The lowest BCUT2D eigenvalue weighted by Gasteiger charge is -2.32. The quantitative estimate of drug-likeness (QED) is 0.600. The Bertz CT molecular complexity index is 1040. The molecule has 4 rings (SSSR count). The fraction of sp³-hybridized carbons (Fsp3) is 0.292. The zero-order valence-corrected chi connectivity index (χ0v) is 17.3. The number of ether oxygens (including phenoxy) is 2. The van der Waals surface area contributed by atoms with Crippen molar-refractivity contribution in [2.24, 2.45) is 0 Å². The molecule has 7 heteroatoms. The number of carbonyl (C=O) groups is 1. The zero-order chi connectivity index (χ0) is 21.6. The molecule has 1 aliphatic rings. The first kappa shape index (κ1) is 20.8. The third-order valence-electron chi connectivity index (χ3n) is 5.39. The number of nitrogens with zero attached hydrogens (tertiary/aromatic N) is 3. The molecule has 160 valence electrons. The van der Waals surface area contributed by atoms with Crippen LogP contribution in [0.2, 0.25) is 0 Å². The second kappa shape index (κ2) is 9.55. The van der Waals surface area contributed by atoms with Gasteiger partial charge in [0, 0.05) is 30.8 Å². The van der Waals surface area contributed by atoms with E-state index in [9.17, 15) is 9.18 Å². The van der Waals surface area contributed by atoms with E-state index >= 15 is 0 Å². The van der Waals surface area contributed by atoms with Crippen LogP contribution >= 0.6 is 0 Å². The number of likely N-dealkylation sites (tertiary alicyclic amines) is 1. The van der Waals surface area contributed by atoms with E-state index in [1.165, 1.54) is 24.3 Å². The summed E-state index contributed by atoms with van der Waals surface area (Å²) in [5, 5.41) is 0. The van der Waals surface area contributed by atoms with Crippen LogP contribution in [-0.2, 0) is 4.79 Å². The van der Waals surface area contributed by atoms with Crippen LogP contribution in [0.25, 0.3) is 11.3 Å². The number of methoxy groups -OCH3 is 1. The molecular weight excluding hydrogens is 397 g/mol. The van der Waals surface area contributed by atoms with Crippen molar-refractivity contribution in [1.82, 2.24) is 14.9 Å². The van der Waals surface area contributed by atoms with Gasteiger partial charge in [-0.05, 0) is 49.2 Å². The van der Waals surface area contributed by atoms with E-state index in [0.29, 0.717) is 18.8 Å². The molecule has 0 bridgehead atoms.